The zero-order valence-electron chi connectivity index (χ0n) is 9.79. The molecular weight excluding hydrogens is 380 g/mol. The van der Waals surface area contributed by atoms with Crippen LogP contribution in [0, 0.1) is 6.92 Å². The van der Waals surface area contributed by atoms with Gasteiger partial charge in [-0.05, 0) is 68.6 Å². The van der Waals surface area contributed by atoms with Gasteiger partial charge in [-0.3, -0.25) is 4.79 Å². The van der Waals surface area contributed by atoms with Crippen molar-refractivity contribution in [2.45, 2.75) is 6.92 Å². The average molecular weight is 390 g/mol. The Balaban J connectivity index is 2.43. The van der Waals surface area contributed by atoms with E-state index in [4.69, 9.17) is 4.74 Å². The molecule has 5 heteroatoms. The van der Waals surface area contributed by atoms with Crippen LogP contribution < -0.4 is 4.74 Å². The lowest BCUT2D eigenvalue weighted by molar-refractivity contribution is 0.103. The van der Waals surface area contributed by atoms with Crippen LogP contribution in [0.5, 0.6) is 5.75 Å². The number of ketones is 1. The summed E-state index contributed by atoms with van der Waals surface area (Å²) in [5.41, 5.74) is 2.29. The highest BCUT2D eigenvalue weighted by Gasteiger charge is 2.17. The average Bonchev–Trinajstić information content (AvgIpc) is 2.67. The highest BCUT2D eigenvalue weighted by molar-refractivity contribution is 9.12. The Labute approximate surface area is 126 Å². The maximum Gasteiger partial charge on any atom is 0.195 e. The van der Waals surface area contributed by atoms with E-state index in [9.17, 15) is 4.79 Å². The molecule has 2 rings (SSSR count). The second-order valence-corrected chi connectivity index (χ2v) is 7.50. The fourth-order valence-corrected chi connectivity index (χ4v) is 4.45. The van der Waals surface area contributed by atoms with Gasteiger partial charge in [0, 0.05) is 11.1 Å². The molecule has 0 saturated carbocycles. The monoisotopic (exact) mass is 388 g/mol. The Morgan fingerprint density at radius 1 is 1.22 bits per heavy atom. The molecular formula is C13H10Br2O2S. The summed E-state index contributed by atoms with van der Waals surface area (Å²) in [5.74, 6) is 0.776. The topological polar surface area (TPSA) is 26.3 Å². The summed E-state index contributed by atoms with van der Waals surface area (Å²) >= 11 is 8.29. The van der Waals surface area contributed by atoms with Gasteiger partial charge >= 0.3 is 0 Å². The van der Waals surface area contributed by atoms with Crippen molar-refractivity contribution in [2.24, 2.45) is 0 Å². The Kier molecular flexibility index (Phi) is 4.25. The van der Waals surface area contributed by atoms with Crippen molar-refractivity contribution < 1.29 is 9.53 Å². The molecule has 0 N–H and O–H groups in total. The molecule has 0 aliphatic heterocycles. The number of aryl methyl sites for hydroxylation is 1. The molecule has 0 bridgehead atoms. The molecule has 0 aliphatic rings. The third kappa shape index (κ3) is 2.68. The molecule has 2 aromatic rings. The Bertz CT molecular complexity index is 605. The van der Waals surface area contributed by atoms with E-state index >= 15 is 0 Å². The minimum Gasteiger partial charge on any atom is -0.497 e. The van der Waals surface area contributed by atoms with E-state index in [1.165, 1.54) is 11.3 Å². The lowest BCUT2D eigenvalue weighted by Crippen LogP contribution is -2.03. The zero-order chi connectivity index (χ0) is 13.3. The fraction of sp³-hybridized carbons (Fsp3) is 0.154. The van der Waals surface area contributed by atoms with Crippen LogP contribution in [0.15, 0.2) is 31.8 Å². The van der Waals surface area contributed by atoms with E-state index in [1.54, 1.807) is 19.2 Å². The van der Waals surface area contributed by atoms with E-state index < -0.39 is 0 Å². The summed E-state index contributed by atoms with van der Waals surface area (Å²) < 4.78 is 6.91. The standard InChI is InChI=1S/C13H10Br2O2S/c1-7-5-8(17-2)3-4-9(7)12(16)10-6-11(14)18-13(10)15/h3-6H,1-2H3. The summed E-state index contributed by atoms with van der Waals surface area (Å²) in [6.07, 6.45) is 0. The molecule has 0 spiro atoms. The Morgan fingerprint density at radius 3 is 2.44 bits per heavy atom. The maximum atomic E-state index is 12.4. The van der Waals surface area contributed by atoms with Crippen molar-refractivity contribution in [1.29, 1.82) is 0 Å². The molecule has 1 aromatic carbocycles. The van der Waals surface area contributed by atoms with Gasteiger partial charge in [0.05, 0.1) is 14.7 Å². The van der Waals surface area contributed by atoms with Crippen molar-refractivity contribution >= 4 is 49.0 Å². The van der Waals surface area contributed by atoms with Gasteiger partial charge in [0.2, 0.25) is 0 Å². The highest BCUT2D eigenvalue weighted by atomic mass is 79.9. The second kappa shape index (κ2) is 5.55. The van der Waals surface area contributed by atoms with E-state index in [0.29, 0.717) is 11.1 Å². The molecule has 94 valence electrons. The van der Waals surface area contributed by atoms with Crippen molar-refractivity contribution in [3.63, 3.8) is 0 Å². The predicted octanol–water partition coefficient (Wildman–Crippen LogP) is 4.82. The number of carbonyl (C=O) groups is 1. The van der Waals surface area contributed by atoms with Crippen molar-refractivity contribution in [3.05, 3.63) is 48.5 Å². The van der Waals surface area contributed by atoms with Crippen LogP contribution in [0.2, 0.25) is 0 Å². The van der Waals surface area contributed by atoms with Crippen LogP contribution >= 0.6 is 43.2 Å². The normalized spacial score (nSPS) is 10.4. The molecule has 2 nitrogen and oxygen atoms in total. The quantitative estimate of drug-likeness (QED) is 0.703. The molecule has 0 radical (unpaired) electrons. The number of benzene rings is 1. The van der Waals surface area contributed by atoms with Gasteiger partial charge in [-0.2, -0.15) is 0 Å². The first-order chi connectivity index (χ1) is 8.52. The molecule has 1 heterocycles. The number of hydrogen-bond acceptors (Lipinski definition) is 3. The molecule has 0 aliphatic carbocycles. The molecule has 0 amide bonds. The summed E-state index contributed by atoms with van der Waals surface area (Å²) in [6, 6.07) is 7.30. The molecule has 0 atom stereocenters. The molecule has 1 aromatic heterocycles. The zero-order valence-corrected chi connectivity index (χ0v) is 13.8. The molecule has 0 fully saturated rings. The van der Waals surface area contributed by atoms with Crippen molar-refractivity contribution in [1.82, 2.24) is 0 Å². The van der Waals surface area contributed by atoms with Crippen LogP contribution in [0.1, 0.15) is 21.5 Å². The van der Waals surface area contributed by atoms with Crippen LogP contribution in [-0.2, 0) is 0 Å². The van der Waals surface area contributed by atoms with Crippen molar-refractivity contribution in [3.8, 4) is 5.75 Å². The molecule has 0 unspecified atom stereocenters. The van der Waals surface area contributed by atoms with Crippen LogP contribution in [0.4, 0.5) is 0 Å². The lowest BCUT2D eigenvalue weighted by Gasteiger charge is -2.06. The van der Waals surface area contributed by atoms with E-state index in [0.717, 1.165) is 18.9 Å². The number of methoxy groups -OCH3 is 1. The number of halogens is 2. The largest absolute Gasteiger partial charge is 0.497 e. The summed E-state index contributed by atoms with van der Waals surface area (Å²) in [4.78, 5) is 12.4. The predicted molar refractivity (Wildman–Crippen MR) is 80.9 cm³/mol. The van der Waals surface area contributed by atoms with Gasteiger partial charge in [-0.15, -0.1) is 11.3 Å². The van der Waals surface area contributed by atoms with E-state index in [-0.39, 0.29) is 5.78 Å². The highest BCUT2D eigenvalue weighted by Crippen LogP contribution is 2.34. The van der Waals surface area contributed by atoms with Crippen LogP contribution in [-0.4, -0.2) is 12.9 Å². The van der Waals surface area contributed by atoms with Gasteiger partial charge in [-0.25, -0.2) is 0 Å². The fourth-order valence-electron chi connectivity index (χ4n) is 1.66. The van der Waals surface area contributed by atoms with Gasteiger partial charge in [0.25, 0.3) is 0 Å². The first-order valence-electron chi connectivity index (χ1n) is 5.17. The van der Waals surface area contributed by atoms with E-state index in [1.807, 2.05) is 19.1 Å². The number of carbonyl (C=O) groups excluding carboxylic acids is 1. The van der Waals surface area contributed by atoms with Crippen molar-refractivity contribution in [2.75, 3.05) is 7.11 Å². The number of hydrogen-bond donors (Lipinski definition) is 0. The molecule has 18 heavy (non-hydrogen) atoms. The maximum absolute atomic E-state index is 12.4. The summed E-state index contributed by atoms with van der Waals surface area (Å²) in [7, 11) is 1.61. The van der Waals surface area contributed by atoms with Gasteiger partial charge in [0.1, 0.15) is 5.75 Å². The minimum absolute atomic E-state index is 0.0176. The van der Waals surface area contributed by atoms with Crippen LogP contribution in [0.3, 0.4) is 0 Å². The van der Waals surface area contributed by atoms with Gasteiger partial charge in [0.15, 0.2) is 5.78 Å². The second-order valence-electron chi connectivity index (χ2n) is 3.75. The first-order valence-corrected chi connectivity index (χ1v) is 7.57. The third-order valence-corrected chi connectivity index (χ3v) is 4.92. The molecule has 0 saturated heterocycles. The van der Waals surface area contributed by atoms with Crippen LogP contribution in [0.25, 0.3) is 0 Å². The third-order valence-electron chi connectivity index (χ3n) is 2.58. The Morgan fingerprint density at radius 2 is 1.94 bits per heavy atom. The summed E-state index contributed by atoms with van der Waals surface area (Å²) in [6.45, 7) is 1.91. The first kappa shape index (κ1) is 13.8. The summed E-state index contributed by atoms with van der Waals surface area (Å²) in [5, 5.41) is 0. The van der Waals surface area contributed by atoms with Gasteiger partial charge in [-0.1, -0.05) is 0 Å². The number of thiophene rings is 1. The number of ether oxygens (including phenoxy) is 1. The SMILES string of the molecule is COc1ccc(C(=O)c2cc(Br)sc2Br)c(C)c1. The van der Waals surface area contributed by atoms with Gasteiger partial charge < -0.3 is 4.74 Å². The Hall–Kier alpha value is -0.650. The minimum atomic E-state index is 0.0176. The number of rotatable bonds is 3. The van der Waals surface area contributed by atoms with E-state index in [2.05, 4.69) is 31.9 Å². The smallest absolute Gasteiger partial charge is 0.195 e. The lowest BCUT2D eigenvalue weighted by atomic mass is 10.0.